The first-order valence-electron chi connectivity index (χ1n) is 11.9. The monoisotopic (exact) mass is 572 g/mol. The molecule has 208 valence electrons. The molecule has 1 atom stereocenters. The Morgan fingerprint density at radius 2 is 1.63 bits per heavy atom. The molecule has 0 aliphatic carbocycles. The number of amides is 1. The van der Waals surface area contributed by atoms with Crippen LogP contribution in [0.25, 0.3) is 0 Å². The van der Waals surface area contributed by atoms with Crippen LogP contribution in [0.2, 0.25) is 10.0 Å². The first kappa shape index (κ1) is 31.4. The Morgan fingerprint density at radius 1 is 1.08 bits per heavy atom. The summed E-state index contributed by atoms with van der Waals surface area (Å²) in [6.07, 6.45) is 3.48. The summed E-state index contributed by atoms with van der Waals surface area (Å²) >= 11 is 11.8. The zero-order chi connectivity index (χ0) is 28.1. The number of aliphatic hydroxyl groups excluding tert-OH is 1. The van der Waals surface area contributed by atoms with Crippen LogP contribution in [0, 0.1) is 11.6 Å². The second-order valence-electron chi connectivity index (χ2n) is 8.10. The molecule has 0 radical (unpaired) electrons. The molecule has 0 bridgehead atoms. The van der Waals surface area contributed by atoms with Crippen LogP contribution in [-0.2, 0) is 18.0 Å². The zero-order valence-corrected chi connectivity index (χ0v) is 22.7. The van der Waals surface area contributed by atoms with E-state index in [2.05, 4.69) is 18.5 Å². The summed E-state index contributed by atoms with van der Waals surface area (Å²) in [4.78, 5) is 13.9. The van der Waals surface area contributed by atoms with E-state index in [1.54, 1.807) is 17.1 Å². The fourth-order valence-corrected chi connectivity index (χ4v) is 4.02. The molecule has 1 fully saturated rings. The summed E-state index contributed by atoms with van der Waals surface area (Å²) in [5, 5.41) is 12.3. The SMILES string of the molecule is C=CCOc1cc(F)c(CO)c(Cl)c1.C=CCOc1cc(F)c(COC(=O)N2CCNCC2CC)c(Cl)c1. The molecule has 11 heteroatoms. The molecule has 0 spiro atoms. The molecule has 2 aromatic rings. The summed E-state index contributed by atoms with van der Waals surface area (Å²) < 4.78 is 43.0. The van der Waals surface area contributed by atoms with E-state index in [-0.39, 0.29) is 47.0 Å². The number of piperazine rings is 1. The van der Waals surface area contributed by atoms with Crippen LogP contribution < -0.4 is 14.8 Å². The molecule has 1 amide bonds. The minimum absolute atomic E-state index is 0.0811. The van der Waals surface area contributed by atoms with Crippen LogP contribution in [-0.4, -0.2) is 55.0 Å². The first-order chi connectivity index (χ1) is 18.2. The highest BCUT2D eigenvalue weighted by molar-refractivity contribution is 6.31. The molecule has 1 unspecified atom stereocenters. The smallest absolute Gasteiger partial charge is 0.410 e. The zero-order valence-electron chi connectivity index (χ0n) is 21.2. The molecule has 2 aromatic carbocycles. The van der Waals surface area contributed by atoms with Crippen LogP contribution in [0.3, 0.4) is 0 Å². The maximum atomic E-state index is 14.2. The number of ether oxygens (including phenoxy) is 3. The van der Waals surface area contributed by atoms with Gasteiger partial charge in [-0.25, -0.2) is 13.6 Å². The molecule has 38 heavy (non-hydrogen) atoms. The van der Waals surface area contributed by atoms with Gasteiger partial charge in [0.15, 0.2) is 0 Å². The van der Waals surface area contributed by atoms with Gasteiger partial charge in [-0.05, 0) is 18.6 Å². The van der Waals surface area contributed by atoms with Gasteiger partial charge in [0.2, 0.25) is 0 Å². The molecule has 0 saturated carbocycles. The largest absolute Gasteiger partial charge is 0.489 e. The third-order valence-corrected chi connectivity index (χ3v) is 6.19. The second kappa shape index (κ2) is 16.2. The van der Waals surface area contributed by atoms with Crippen molar-refractivity contribution in [3.63, 3.8) is 0 Å². The number of benzene rings is 2. The van der Waals surface area contributed by atoms with Crippen molar-refractivity contribution in [2.24, 2.45) is 0 Å². The number of carbonyl (C=O) groups excluding carboxylic acids is 1. The van der Waals surface area contributed by atoms with E-state index < -0.39 is 24.3 Å². The maximum absolute atomic E-state index is 14.2. The van der Waals surface area contributed by atoms with Gasteiger partial charge in [-0.15, -0.1) is 0 Å². The molecule has 0 aromatic heterocycles. The Hall–Kier alpha value is -2.85. The average Bonchev–Trinajstić information content (AvgIpc) is 2.90. The molecular weight excluding hydrogens is 541 g/mol. The third-order valence-electron chi connectivity index (χ3n) is 5.52. The van der Waals surface area contributed by atoms with E-state index in [0.717, 1.165) is 19.5 Å². The molecular formula is C27H32Cl2F2N2O5. The normalized spacial score (nSPS) is 14.7. The number of carbonyl (C=O) groups is 1. The number of halogens is 4. The minimum atomic E-state index is -0.570. The van der Waals surface area contributed by atoms with Crippen molar-refractivity contribution in [2.75, 3.05) is 32.8 Å². The van der Waals surface area contributed by atoms with Crippen LogP contribution in [0.5, 0.6) is 11.5 Å². The average molecular weight is 573 g/mol. The molecule has 1 aliphatic rings. The number of hydrogen-bond donors (Lipinski definition) is 2. The maximum Gasteiger partial charge on any atom is 0.410 e. The number of hydrogen-bond acceptors (Lipinski definition) is 6. The van der Waals surface area contributed by atoms with E-state index in [4.69, 9.17) is 42.5 Å². The molecule has 3 rings (SSSR count). The summed E-state index contributed by atoms with van der Waals surface area (Å²) in [7, 11) is 0. The highest BCUT2D eigenvalue weighted by Gasteiger charge is 2.26. The highest BCUT2D eigenvalue weighted by atomic mass is 35.5. The molecule has 2 N–H and O–H groups in total. The Morgan fingerprint density at radius 3 is 2.11 bits per heavy atom. The predicted octanol–water partition coefficient (Wildman–Crippen LogP) is 5.90. The summed E-state index contributed by atoms with van der Waals surface area (Å²) in [5.41, 5.74) is 0.219. The van der Waals surface area contributed by atoms with Gasteiger partial charge in [0.25, 0.3) is 0 Å². The standard InChI is InChI=1S/C17H22ClFN2O3.C10H10ClFO2/c1-3-7-23-13-8-15(18)14(16(19)9-13)11-24-17(22)21-6-5-20-10-12(21)4-2;1-2-3-14-7-4-9(11)8(6-13)10(12)5-7/h3,8-9,12,20H,1,4-7,10-11H2,2H3;2,4-5,13H,1,3,6H2. The van der Waals surface area contributed by atoms with Crippen LogP contribution in [0.4, 0.5) is 13.6 Å². The van der Waals surface area contributed by atoms with E-state index >= 15 is 0 Å². The molecule has 1 heterocycles. The van der Waals surface area contributed by atoms with E-state index in [1.807, 2.05) is 6.92 Å². The molecule has 7 nitrogen and oxygen atoms in total. The van der Waals surface area contributed by atoms with Crippen molar-refractivity contribution in [1.29, 1.82) is 0 Å². The number of nitrogens with zero attached hydrogens (tertiary/aromatic N) is 1. The lowest BCUT2D eigenvalue weighted by molar-refractivity contribution is 0.0707. The third kappa shape index (κ3) is 9.16. The van der Waals surface area contributed by atoms with Gasteiger partial charge in [0.1, 0.15) is 43.0 Å². The van der Waals surface area contributed by atoms with Crippen LogP contribution in [0.15, 0.2) is 49.6 Å². The van der Waals surface area contributed by atoms with Gasteiger partial charge in [-0.1, -0.05) is 55.4 Å². The van der Waals surface area contributed by atoms with E-state index in [0.29, 0.717) is 18.0 Å². The summed E-state index contributed by atoms with van der Waals surface area (Å²) in [6.45, 7) is 10.9. The Kier molecular flexibility index (Phi) is 13.4. The topological polar surface area (TPSA) is 80.3 Å². The lowest BCUT2D eigenvalue weighted by atomic mass is 10.1. The van der Waals surface area contributed by atoms with Gasteiger partial charge in [0, 0.05) is 48.9 Å². The number of aliphatic hydroxyl groups is 1. The Bertz CT molecular complexity index is 1060. The van der Waals surface area contributed by atoms with Crippen LogP contribution >= 0.6 is 23.2 Å². The second-order valence-corrected chi connectivity index (χ2v) is 8.92. The van der Waals surface area contributed by atoms with Crippen molar-refractivity contribution < 1.29 is 32.9 Å². The van der Waals surface area contributed by atoms with Gasteiger partial charge in [-0.3, -0.25) is 0 Å². The molecule has 1 saturated heterocycles. The van der Waals surface area contributed by atoms with Gasteiger partial charge in [-0.2, -0.15) is 0 Å². The van der Waals surface area contributed by atoms with Crippen molar-refractivity contribution >= 4 is 29.3 Å². The Labute approximate surface area is 231 Å². The predicted molar refractivity (Wildman–Crippen MR) is 144 cm³/mol. The van der Waals surface area contributed by atoms with Crippen LogP contribution in [0.1, 0.15) is 24.5 Å². The van der Waals surface area contributed by atoms with Crippen molar-refractivity contribution in [3.8, 4) is 11.5 Å². The quantitative estimate of drug-likeness (QED) is 0.345. The first-order valence-corrected chi connectivity index (χ1v) is 12.7. The lowest BCUT2D eigenvalue weighted by Crippen LogP contribution is -2.53. The summed E-state index contributed by atoms with van der Waals surface area (Å²) in [6, 6.07) is 5.44. The fourth-order valence-electron chi connectivity index (χ4n) is 3.51. The Balaban J connectivity index is 0.000000308. The van der Waals surface area contributed by atoms with Crippen molar-refractivity contribution in [3.05, 3.63) is 82.4 Å². The van der Waals surface area contributed by atoms with Crippen molar-refractivity contribution in [2.45, 2.75) is 32.6 Å². The minimum Gasteiger partial charge on any atom is -0.489 e. The van der Waals surface area contributed by atoms with Crippen molar-refractivity contribution in [1.82, 2.24) is 10.2 Å². The fraction of sp³-hybridized carbons (Fsp3) is 0.370. The summed E-state index contributed by atoms with van der Waals surface area (Å²) in [5.74, 6) is -0.508. The number of nitrogens with one attached hydrogen (secondary N) is 1. The van der Waals surface area contributed by atoms with Gasteiger partial charge < -0.3 is 29.5 Å². The van der Waals surface area contributed by atoms with Gasteiger partial charge in [0.05, 0.1) is 16.7 Å². The molecule has 1 aliphatic heterocycles. The lowest BCUT2D eigenvalue weighted by Gasteiger charge is -2.34. The van der Waals surface area contributed by atoms with E-state index in [9.17, 15) is 13.6 Å². The number of rotatable bonds is 10. The van der Waals surface area contributed by atoms with E-state index in [1.165, 1.54) is 24.3 Å². The van der Waals surface area contributed by atoms with Gasteiger partial charge >= 0.3 is 6.09 Å². The highest BCUT2D eigenvalue weighted by Crippen LogP contribution is 2.27.